The van der Waals surface area contributed by atoms with Gasteiger partial charge in [-0.1, -0.05) is 103 Å². The van der Waals surface area contributed by atoms with Crippen molar-refractivity contribution in [3.8, 4) is 0 Å². The molecule has 0 aromatic rings. The van der Waals surface area contributed by atoms with E-state index in [1.807, 2.05) is 6.08 Å². The summed E-state index contributed by atoms with van der Waals surface area (Å²) in [5, 5.41) is 17.0. The highest BCUT2D eigenvalue weighted by atomic mass is 16.4. The summed E-state index contributed by atoms with van der Waals surface area (Å²) < 4.78 is 0. The Morgan fingerprint density at radius 3 is 1.76 bits per heavy atom. The SMILES string of the molecule is C=C(CCCCCCCCCCCCC)C(=O)O.O=C(O)C=CC1CCCCC1. The summed E-state index contributed by atoms with van der Waals surface area (Å²) in [5.74, 6) is -1.14. The number of carbonyl (C=O) groups is 2. The predicted octanol–water partition coefficient (Wildman–Crippen LogP) is 7.54. The largest absolute Gasteiger partial charge is 0.478 e. The lowest BCUT2D eigenvalue weighted by Gasteiger charge is -2.17. The Bertz CT molecular complexity index is 461. The first-order valence-corrected chi connectivity index (χ1v) is 11.8. The molecule has 0 aromatic carbocycles. The molecule has 2 N–H and O–H groups in total. The van der Waals surface area contributed by atoms with Crippen molar-refractivity contribution < 1.29 is 19.8 Å². The molecule has 168 valence electrons. The Labute approximate surface area is 178 Å². The van der Waals surface area contributed by atoms with E-state index < -0.39 is 11.9 Å². The van der Waals surface area contributed by atoms with Gasteiger partial charge in [0.25, 0.3) is 0 Å². The van der Waals surface area contributed by atoms with Gasteiger partial charge >= 0.3 is 11.9 Å². The Morgan fingerprint density at radius 2 is 1.31 bits per heavy atom. The van der Waals surface area contributed by atoms with Crippen LogP contribution in [0.15, 0.2) is 24.3 Å². The minimum absolute atomic E-state index is 0.353. The van der Waals surface area contributed by atoms with Crippen LogP contribution in [0, 0.1) is 5.92 Å². The van der Waals surface area contributed by atoms with Crippen molar-refractivity contribution in [3.63, 3.8) is 0 Å². The van der Waals surface area contributed by atoms with E-state index >= 15 is 0 Å². The molecule has 0 saturated heterocycles. The number of unbranched alkanes of at least 4 members (excludes halogenated alkanes) is 10. The Kier molecular flexibility index (Phi) is 18.6. The zero-order valence-corrected chi connectivity index (χ0v) is 18.7. The summed E-state index contributed by atoms with van der Waals surface area (Å²) in [6.07, 6.45) is 24.2. The zero-order valence-electron chi connectivity index (χ0n) is 18.7. The number of carboxylic acids is 2. The van der Waals surface area contributed by atoms with E-state index in [0.717, 1.165) is 12.8 Å². The molecule has 1 aliphatic carbocycles. The van der Waals surface area contributed by atoms with Gasteiger partial charge in [-0.2, -0.15) is 0 Å². The van der Waals surface area contributed by atoms with Gasteiger partial charge in [0.1, 0.15) is 0 Å². The first kappa shape index (κ1) is 27.4. The molecule has 0 radical (unpaired) electrons. The molecule has 1 fully saturated rings. The third kappa shape index (κ3) is 19.5. The van der Waals surface area contributed by atoms with Crippen molar-refractivity contribution in [1.29, 1.82) is 0 Å². The number of carboxylic acid groups (broad SMARTS) is 2. The fourth-order valence-electron chi connectivity index (χ4n) is 3.65. The Balaban J connectivity index is 0.000000604. The van der Waals surface area contributed by atoms with Crippen LogP contribution in [0.4, 0.5) is 0 Å². The first-order chi connectivity index (χ1) is 14.0. The van der Waals surface area contributed by atoms with E-state index in [0.29, 0.717) is 17.9 Å². The topological polar surface area (TPSA) is 74.6 Å². The van der Waals surface area contributed by atoms with Gasteiger partial charge in [0.15, 0.2) is 0 Å². The molecule has 1 aliphatic rings. The first-order valence-electron chi connectivity index (χ1n) is 11.8. The Morgan fingerprint density at radius 1 is 0.828 bits per heavy atom. The maximum atomic E-state index is 10.5. The van der Waals surface area contributed by atoms with E-state index in [2.05, 4.69) is 13.5 Å². The van der Waals surface area contributed by atoms with Crippen LogP contribution < -0.4 is 0 Å². The lowest BCUT2D eigenvalue weighted by molar-refractivity contribution is -0.133. The van der Waals surface area contributed by atoms with Crippen molar-refractivity contribution in [2.45, 2.75) is 116 Å². The van der Waals surface area contributed by atoms with Crippen LogP contribution in [0.25, 0.3) is 0 Å². The number of hydrogen-bond donors (Lipinski definition) is 2. The van der Waals surface area contributed by atoms with E-state index in [9.17, 15) is 9.59 Å². The van der Waals surface area contributed by atoms with Crippen LogP contribution in [0.1, 0.15) is 116 Å². The second kappa shape index (κ2) is 19.7. The molecule has 0 bridgehead atoms. The van der Waals surface area contributed by atoms with E-state index in [4.69, 9.17) is 10.2 Å². The van der Waals surface area contributed by atoms with E-state index in [1.54, 1.807) is 0 Å². The molecular formula is C25H44O4. The lowest BCUT2D eigenvalue weighted by atomic mass is 9.89. The van der Waals surface area contributed by atoms with Crippen molar-refractivity contribution >= 4 is 11.9 Å². The summed E-state index contributed by atoms with van der Waals surface area (Å²) in [5.41, 5.74) is 0.353. The molecular weight excluding hydrogens is 364 g/mol. The molecule has 0 atom stereocenters. The molecule has 0 heterocycles. The van der Waals surface area contributed by atoms with Gasteiger partial charge in [0, 0.05) is 11.6 Å². The summed E-state index contributed by atoms with van der Waals surface area (Å²) in [7, 11) is 0. The van der Waals surface area contributed by atoms with Crippen molar-refractivity contribution in [2.24, 2.45) is 5.92 Å². The summed E-state index contributed by atoms with van der Waals surface area (Å²) >= 11 is 0. The average Bonchev–Trinajstić information content (AvgIpc) is 2.71. The third-order valence-corrected chi connectivity index (χ3v) is 5.55. The minimum Gasteiger partial charge on any atom is -0.478 e. The number of aliphatic carboxylic acids is 2. The fraction of sp³-hybridized carbons (Fsp3) is 0.760. The quantitative estimate of drug-likeness (QED) is 0.217. The Hall–Kier alpha value is -1.58. The molecule has 4 heteroatoms. The lowest BCUT2D eigenvalue weighted by Crippen LogP contribution is -2.03. The monoisotopic (exact) mass is 408 g/mol. The second-order valence-corrected chi connectivity index (χ2v) is 8.29. The number of allylic oxidation sites excluding steroid dienone is 1. The predicted molar refractivity (Wildman–Crippen MR) is 121 cm³/mol. The van der Waals surface area contributed by atoms with E-state index in [1.165, 1.54) is 96.0 Å². The van der Waals surface area contributed by atoms with Crippen LogP contribution in [0.2, 0.25) is 0 Å². The summed E-state index contributed by atoms with van der Waals surface area (Å²) in [4.78, 5) is 20.7. The second-order valence-electron chi connectivity index (χ2n) is 8.29. The molecule has 1 saturated carbocycles. The maximum Gasteiger partial charge on any atom is 0.330 e. The van der Waals surface area contributed by atoms with Crippen molar-refractivity contribution in [1.82, 2.24) is 0 Å². The molecule has 1 rings (SSSR count). The fourth-order valence-corrected chi connectivity index (χ4v) is 3.65. The van der Waals surface area contributed by atoms with Gasteiger partial charge in [0.2, 0.25) is 0 Å². The maximum absolute atomic E-state index is 10.5. The van der Waals surface area contributed by atoms with Gasteiger partial charge in [-0.15, -0.1) is 0 Å². The molecule has 0 aliphatic heterocycles. The van der Waals surface area contributed by atoms with Gasteiger partial charge in [-0.05, 0) is 31.6 Å². The van der Waals surface area contributed by atoms with Gasteiger partial charge in [-0.25, -0.2) is 9.59 Å². The van der Waals surface area contributed by atoms with Crippen molar-refractivity contribution in [3.05, 3.63) is 24.3 Å². The normalized spacial score (nSPS) is 14.4. The zero-order chi connectivity index (χ0) is 21.7. The van der Waals surface area contributed by atoms with Crippen LogP contribution >= 0.6 is 0 Å². The molecule has 29 heavy (non-hydrogen) atoms. The average molecular weight is 409 g/mol. The standard InChI is InChI=1S/C16H30O2.C9H14O2/c1-3-4-5-6-7-8-9-10-11-12-13-14-15(2)16(17)18;10-9(11)7-6-8-4-2-1-3-5-8/h2-14H2,1H3,(H,17,18);6-8H,1-5H2,(H,10,11). The van der Waals surface area contributed by atoms with E-state index in [-0.39, 0.29) is 0 Å². The van der Waals surface area contributed by atoms with Crippen LogP contribution in [-0.4, -0.2) is 22.2 Å². The van der Waals surface area contributed by atoms with Gasteiger partial charge in [0.05, 0.1) is 0 Å². The highest BCUT2D eigenvalue weighted by Crippen LogP contribution is 2.24. The number of hydrogen-bond acceptors (Lipinski definition) is 2. The highest BCUT2D eigenvalue weighted by Gasteiger charge is 2.09. The molecule has 0 spiro atoms. The van der Waals surface area contributed by atoms with Gasteiger partial charge < -0.3 is 10.2 Å². The molecule has 0 aromatic heterocycles. The summed E-state index contributed by atoms with van der Waals surface area (Å²) in [6.45, 7) is 5.79. The summed E-state index contributed by atoms with van der Waals surface area (Å²) in [6, 6.07) is 0. The third-order valence-electron chi connectivity index (χ3n) is 5.55. The molecule has 0 unspecified atom stereocenters. The van der Waals surface area contributed by atoms with Crippen LogP contribution in [-0.2, 0) is 9.59 Å². The smallest absolute Gasteiger partial charge is 0.330 e. The molecule has 0 amide bonds. The van der Waals surface area contributed by atoms with Crippen LogP contribution in [0.3, 0.4) is 0 Å². The minimum atomic E-state index is -0.845. The highest BCUT2D eigenvalue weighted by molar-refractivity contribution is 5.85. The van der Waals surface area contributed by atoms with Crippen LogP contribution in [0.5, 0.6) is 0 Å². The number of rotatable bonds is 15. The van der Waals surface area contributed by atoms with Crippen molar-refractivity contribution in [2.75, 3.05) is 0 Å². The van der Waals surface area contributed by atoms with Gasteiger partial charge in [-0.3, -0.25) is 0 Å². The molecule has 4 nitrogen and oxygen atoms in total.